The van der Waals surface area contributed by atoms with Crippen LogP contribution in [-0.2, 0) is 9.84 Å². The van der Waals surface area contributed by atoms with Crippen LogP contribution >= 0.6 is 0 Å². The SMILES string of the molecule is CCCNC(CCS(C)(=O)=O)C(C)(CC)N1CCCCC1. The van der Waals surface area contributed by atoms with Crippen molar-refractivity contribution in [1.82, 2.24) is 10.2 Å². The molecule has 1 fully saturated rings. The highest BCUT2D eigenvalue weighted by molar-refractivity contribution is 7.90. The highest BCUT2D eigenvalue weighted by Gasteiger charge is 2.38. The van der Waals surface area contributed by atoms with Crippen LogP contribution in [0, 0.1) is 0 Å². The molecule has 1 aliphatic heterocycles. The molecule has 4 nitrogen and oxygen atoms in total. The molecule has 0 aromatic rings. The Morgan fingerprint density at radius 1 is 1.19 bits per heavy atom. The van der Waals surface area contributed by atoms with Gasteiger partial charge in [0.2, 0.25) is 0 Å². The van der Waals surface area contributed by atoms with Gasteiger partial charge in [0.1, 0.15) is 9.84 Å². The van der Waals surface area contributed by atoms with E-state index in [9.17, 15) is 8.42 Å². The van der Waals surface area contributed by atoms with E-state index in [4.69, 9.17) is 0 Å². The number of rotatable bonds is 9. The zero-order valence-corrected chi connectivity index (χ0v) is 15.1. The van der Waals surface area contributed by atoms with Crippen molar-refractivity contribution >= 4 is 9.84 Å². The molecule has 2 atom stereocenters. The number of sulfone groups is 1. The maximum absolute atomic E-state index is 11.6. The molecule has 0 aliphatic carbocycles. The normalized spacial score (nSPS) is 21.9. The van der Waals surface area contributed by atoms with Crippen molar-refractivity contribution in [3.8, 4) is 0 Å². The van der Waals surface area contributed by atoms with E-state index < -0.39 is 9.84 Å². The molecular formula is C16H34N2O2S. The van der Waals surface area contributed by atoms with Crippen LogP contribution in [0.1, 0.15) is 59.3 Å². The van der Waals surface area contributed by atoms with Crippen LogP contribution in [0.3, 0.4) is 0 Å². The molecule has 5 heteroatoms. The van der Waals surface area contributed by atoms with E-state index in [0.717, 1.165) is 32.5 Å². The first-order valence-corrected chi connectivity index (χ1v) is 10.6. The van der Waals surface area contributed by atoms with Crippen LogP contribution in [0.5, 0.6) is 0 Å². The van der Waals surface area contributed by atoms with Crippen molar-refractivity contribution in [3.05, 3.63) is 0 Å². The second-order valence-electron chi connectivity index (χ2n) is 6.68. The molecule has 126 valence electrons. The molecule has 21 heavy (non-hydrogen) atoms. The summed E-state index contributed by atoms with van der Waals surface area (Å²) in [6.07, 6.45) is 8.04. The van der Waals surface area contributed by atoms with Gasteiger partial charge in [-0.15, -0.1) is 0 Å². The minimum Gasteiger partial charge on any atom is -0.312 e. The predicted octanol–water partition coefficient (Wildman–Crippen LogP) is 2.44. The fourth-order valence-corrected chi connectivity index (χ4v) is 4.04. The Morgan fingerprint density at radius 2 is 1.81 bits per heavy atom. The van der Waals surface area contributed by atoms with Crippen LogP contribution in [0.2, 0.25) is 0 Å². The van der Waals surface area contributed by atoms with Gasteiger partial charge in [-0.2, -0.15) is 0 Å². The summed E-state index contributed by atoms with van der Waals surface area (Å²) in [5, 5.41) is 3.62. The molecule has 1 rings (SSSR count). The highest BCUT2D eigenvalue weighted by atomic mass is 32.2. The third-order valence-corrected chi connectivity index (χ3v) is 5.94. The zero-order chi connectivity index (χ0) is 15.9. The summed E-state index contributed by atoms with van der Waals surface area (Å²) in [7, 11) is -2.90. The third kappa shape index (κ3) is 5.87. The second kappa shape index (κ2) is 8.49. The molecule has 1 heterocycles. The number of likely N-dealkylation sites (tertiary alicyclic amines) is 1. The lowest BCUT2D eigenvalue weighted by atomic mass is 9.84. The Kier molecular flexibility index (Phi) is 7.65. The average Bonchev–Trinajstić information content (AvgIpc) is 2.46. The molecule has 1 aliphatic rings. The fraction of sp³-hybridized carbons (Fsp3) is 1.00. The van der Waals surface area contributed by atoms with Crippen molar-refractivity contribution in [2.24, 2.45) is 0 Å². The largest absolute Gasteiger partial charge is 0.312 e. The molecular weight excluding hydrogens is 284 g/mol. The Hall–Kier alpha value is -0.130. The first-order valence-electron chi connectivity index (χ1n) is 8.49. The quantitative estimate of drug-likeness (QED) is 0.709. The molecule has 0 bridgehead atoms. The van der Waals surface area contributed by atoms with Gasteiger partial charge in [-0.25, -0.2) is 8.42 Å². The van der Waals surface area contributed by atoms with Gasteiger partial charge in [-0.05, 0) is 58.7 Å². The van der Waals surface area contributed by atoms with Crippen LogP contribution in [-0.4, -0.2) is 56.5 Å². The van der Waals surface area contributed by atoms with Crippen molar-refractivity contribution in [2.75, 3.05) is 31.6 Å². The van der Waals surface area contributed by atoms with Gasteiger partial charge < -0.3 is 5.32 Å². The Labute approximate surface area is 131 Å². The number of nitrogens with zero attached hydrogens (tertiary/aromatic N) is 1. The Morgan fingerprint density at radius 3 is 2.29 bits per heavy atom. The lowest BCUT2D eigenvalue weighted by Crippen LogP contribution is -2.61. The van der Waals surface area contributed by atoms with E-state index in [0.29, 0.717) is 6.42 Å². The fourth-order valence-electron chi connectivity index (χ4n) is 3.38. The minimum absolute atomic E-state index is 0.0558. The summed E-state index contributed by atoms with van der Waals surface area (Å²) < 4.78 is 23.1. The van der Waals surface area contributed by atoms with Gasteiger partial charge in [0, 0.05) is 17.8 Å². The first kappa shape index (κ1) is 18.9. The van der Waals surface area contributed by atoms with Gasteiger partial charge in [0.05, 0.1) is 5.75 Å². The molecule has 0 radical (unpaired) electrons. The summed E-state index contributed by atoms with van der Waals surface area (Å²) in [6, 6.07) is 0.246. The number of hydrogen-bond acceptors (Lipinski definition) is 4. The van der Waals surface area contributed by atoms with Crippen molar-refractivity contribution < 1.29 is 8.42 Å². The van der Waals surface area contributed by atoms with Gasteiger partial charge in [-0.1, -0.05) is 20.3 Å². The zero-order valence-electron chi connectivity index (χ0n) is 14.3. The van der Waals surface area contributed by atoms with E-state index in [-0.39, 0.29) is 17.3 Å². The maximum atomic E-state index is 11.6. The van der Waals surface area contributed by atoms with E-state index in [2.05, 4.69) is 31.0 Å². The maximum Gasteiger partial charge on any atom is 0.147 e. The molecule has 0 aromatic heterocycles. The van der Waals surface area contributed by atoms with Crippen molar-refractivity contribution in [1.29, 1.82) is 0 Å². The molecule has 0 saturated carbocycles. The third-order valence-electron chi connectivity index (χ3n) is 4.96. The summed E-state index contributed by atoms with van der Waals surface area (Å²) >= 11 is 0. The summed E-state index contributed by atoms with van der Waals surface area (Å²) in [5.74, 6) is 0.276. The first-order chi connectivity index (χ1) is 9.83. The summed E-state index contributed by atoms with van der Waals surface area (Å²) in [5.41, 5.74) is 0.0558. The Bertz CT molecular complexity index is 391. The predicted molar refractivity (Wildman–Crippen MR) is 90.5 cm³/mol. The number of hydrogen-bond donors (Lipinski definition) is 1. The van der Waals surface area contributed by atoms with E-state index in [1.54, 1.807) is 0 Å². The molecule has 1 saturated heterocycles. The van der Waals surface area contributed by atoms with Gasteiger partial charge >= 0.3 is 0 Å². The molecule has 2 unspecified atom stereocenters. The van der Waals surface area contributed by atoms with Crippen molar-refractivity contribution in [2.45, 2.75) is 70.9 Å². The van der Waals surface area contributed by atoms with Gasteiger partial charge in [0.25, 0.3) is 0 Å². The monoisotopic (exact) mass is 318 g/mol. The second-order valence-corrected chi connectivity index (χ2v) is 8.94. The van der Waals surface area contributed by atoms with E-state index in [1.807, 2.05) is 0 Å². The lowest BCUT2D eigenvalue weighted by Gasteiger charge is -2.48. The highest BCUT2D eigenvalue weighted by Crippen LogP contribution is 2.29. The van der Waals surface area contributed by atoms with Crippen molar-refractivity contribution in [3.63, 3.8) is 0 Å². The molecule has 0 amide bonds. The smallest absolute Gasteiger partial charge is 0.147 e. The molecule has 0 spiro atoms. The lowest BCUT2D eigenvalue weighted by molar-refractivity contribution is 0.0420. The summed E-state index contributed by atoms with van der Waals surface area (Å²) in [6.45, 7) is 9.95. The van der Waals surface area contributed by atoms with Crippen LogP contribution in [0.4, 0.5) is 0 Å². The number of piperidine rings is 1. The number of nitrogens with one attached hydrogen (secondary N) is 1. The standard InChI is InChI=1S/C16H34N2O2S/c1-5-11-17-15(10-14-21(4,19)20)16(3,6-2)18-12-8-7-9-13-18/h15,17H,5-14H2,1-4H3. The summed E-state index contributed by atoms with van der Waals surface area (Å²) in [4.78, 5) is 2.59. The molecule has 0 aromatic carbocycles. The van der Waals surface area contributed by atoms with Crippen LogP contribution in [0.15, 0.2) is 0 Å². The minimum atomic E-state index is -2.90. The Balaban J connectivity index is 2.83. The molecule has 1 N–H and O–H groups in total. The van der Waals surface area contributed by atoms with Crippen LogP contribution < -0.4 is 5.32 Å². The van der Waals surface area contributed by atoms with Gasteiger partial charge in [0.15, 0.2) is 0 Å². The van der Waals surface area contributed by atoms with E-state index >= 15 is 0 Å². The average molecular weight is 319 g/mol. The van der Waals surface area contributed by atoms with Gasteiger partial charge in [-0.3, -0.25) is 4.90 Å². The van der Waals surface area contributed by atoms with E-state index in [1.165, 1.54) is 25.5 Å². The topological polar surface area (TPSA) is 49.4 Å². The van der Waals surface area contributed by atoms with Crippen LogP contribution in [0.25, 0.3) is 0 Å².